The molecule has 25 heavy (non-hydrogen) atoms. The molecule has 0 saturated heterocycles. The fourth-order valence-corrected chi connectivity index (χ4v) is 2.02. The van der Waals surface area contributed by atoms with Crippen molar-refractivity contribution in [2.75, 3.05) is 6.54 Å². The molecule has 0 fully saturated rings. The highest BCUT2D eigenvalue weighted by Crippen LogP contribution is 2.11. The van der Waals surface area contributed by atoms with Gasteiger partial charge in [-0.3, -0.25) is 10.1 Å². The van der Waals surface area contributed by atoms with Crippen LogP contribution in [-0.2, 0) is 13.1 Å². The van der Waals surface area contributed by atoms with E-state index in [1.54, 1.807) is 30.3 Å². The number of nitrogens with zero attached hydrogens (tertiary/aromatic N) is 2. The fourth-order valence-electron chi connectivity index (χ4n) is 2.02. The molecule has 0 amide bonds. The molecule has 0 bridgehead atoms. The molecule has 2 N–H and O–H groups in total. The maximum Gasteiger partial charge on any atom is 0.269 e. The van der Waals surface area contributed by atoms with E-state index in [2.05, 4.69) is 22.2 Å². The Morgan fingerprint density at radius 2 is 1.76 bits per heavy atom. The van der Waals surface area contributed by atoms with Crippen LogP contribution in [0, 0.1) is 15.9 Å². The Labute approximate surface area is 145 Å². The van der Waals surface area contributed by atoms with Crippen molar-refractivity contribution in [3.63, 3.8) is 0 Å². The van der Waals surface area contributed by atoms with Gasteiger partial charge in [0.05, 0.1) is 11.5 Å². The number of nitro groups is 1. The van der Waals surface area contributed by atoms with E-state index in [0.29, 0.717) is 25.6 Å². The maximum atomic E-state index is 12.9. The second-order valence-corrected chi connectivity index (χ2v) is 5.24. The lowest BCUT2D eigenvalue weighted by molar-refractivity contribution is -0.384. The number of hydrogen-bond acceptors (Lipinski definition) is 3. The standard InChI is InChI=1S/C18H19FN4O2/c1-2-11-20-18(21-12-14-3-7-16(19)8-4-14)22-13-15-5-9-17(10-6-15)23(24)25/h2-10H,1,11-13H2,(H2,20,21,22). The van der Waals surface area contributed by atoms with Crippen LogP contribution in [0.15, 0.2) is 66.2 Å². The first-order valence-corrected chi connectivity index (χ1v) is 7.69. The van der Waals surface area contributed by atoms with Gasteiger partial charge in [0, 0.05) is 25.2 Å². The zero-order valence-corrected chi connectivity index (χ0v) is 13.6. The molecule has 7 heteroatoms. The van der Waals surface area contributed by atoms with Gasteiger partial charge in [0.2, 0.25) is 0 Å². The number of benzene rings is 2. The van der Waals surface area contributed by atoms with Crippen LogP contribution in [0.3, 0.4) is 0 Å². The summed E-state index contributed by atoms with van der Waals surface area (Å²) in [7, 11) is 0. The van der Waals surface area contributed by atoms with Crippen LogP contribution in [0.4, 0.5) is 10.1 Å². The number of rotatable bonds is 7. The molecular weight excluding hydrogens is 323 g/mol. The van der Waals surface area contributed by atoms with Gasteiger partial charge in [-0.2, -0.15) is 0 Å². The van der Waals surface area contributed by atoms with Crippen LogP contribution in [0.5, 0.6) is 0 Å². The predicted molar refractivity (Wildman–Crippen MR) is 95.7 cm³/mol. The average molecular weight is 342 g/mol. The van der Waals surface area contributed by atoms with Crippen LogP contribution in [0.25, 0.3) is 0 Å². The minimum Gasteiger partial charge on any atom is -0.353 e. The normalized spacial score (nSPS) is 11.0. The molecule has 0 saturated carbocycles. The highest BCUT2D eigenvalue weighted by Gasteiger charge is 2.04. The van der Waals surface area contributed by atoms with Gasteiger partial charge in [-0.1, -0.05) is 30.3 Å². The molecule has 2 rings (SSSR count). The van der Waals surface area contributed by atoms with Crippen LogP contribution in [0.1, 0.15) is 11.1 Å². The lowest BCUT2D eigenvalue weighted by Gasteiger charge is -2.11. The van der Waals surface area contributed by atoms with E-state index in [-0.39, 0.29) is 11.5 Å². The van der Waals surface area contributed by atoms with E-state index in [0.717, 1.165) is 11.1 Å². The number of non-ortho nitro benzene ring substituents is 1. The molecule has 130 valence electrons. The predicted octanol–water partition coefficient (Wildman–Crippen LogP) is 3.16. The van der Waals surface area contributed by atoms with Gasteiger partial charge < -0.3 is 10.6 Å². The summed E-state index contributed by atoms with van der Waals surface area (Å²) in [6.45, 7) is 5.05. The van der Waals surface area contributed by atoms with Gasteiger partial charge in [-0.05, 0) is 23.3 Å². The van der Waals surface area contributed by atoms with Crippen molar-refractivity contribution in [1.29, 1.82) is 0 Å². The largest absolute Gasteiger partial charge is 0.353 e. The molecule has 0 aliphatic heterocycles. The number of nitro benzene ring substituents is 1. The Balaban J connectivity index is 1.98. The van der Waals surface area contributed by atoms with Gasteiger partial charge in [0.15, 0.2) is 5.96 Å². The minimum atomic E-state index is -0.432. The summed E-state index contributed by atoms with van der Waals surface area (Å²) in [4.78, 5) is 14.7. The first-order chi connectivity index (χ1) is 12.1. The Kier molecular flexibility index (Phi) is 6.65. The van der Waals surface area contributed by atoms with Crippen molar-refractivity contribution in [3.05, 3.63) is 88.2 Å². The second-order valence-electron chi connectivity index (χ2n) is 5.24. The number of nitrogens with one attached hydrogen (secondary N) is 2. The van der Waals surface area contributed by atoms with Crippen molar-refractivity contribution in [2.24, 2.45) is 4.99 Å². The third-order valence-electron chi connectivity index (χ3n) is 3.35. The van der Waals surface area contributed by atoms with Gasteiger partial charge in [0.1, 0.15) is 5.82 Å². The van der Waals surface area contributed by atoms with Gasteiger partial charge in [-0.25, -0.2) is 9.38 Å². The molecule has 0 aliphatic rings. The molecular formula is C18H19FN4O2. The third kappa shape index (κ3) is 6.06. The highest BCUT2D eigenvalue weighted by molar-refractivity contribution is 5.79. The van der Waals surface area contributed by atoms with Crippen molar-refractivity contribution in [1.82, 2.24) is 10.6 Å². The summed E-state index contributed by atoms with van der Waals surface area (Å²) >= 11 is 0. The second kappa shape index (κ2) is 9.17. The van der Waals surface area contributed by atoms with Crippen molar-refractivity contribution in [3.8, 4) is 0 Å². The van der Waals surface area contributed by atoms with Crippen molar-refractivity contribution < 1.29 is 9.31 Å². The fraction of sp³-hybridized carbons (Fsp3) is 0.167. The van der Waals surface area contributed by atoms with Gasteiger partial charge >= 0.3 is 0 Å². The molecule has 0 spiro atoms. The molecule has 0 aromatic heterocycles. The third-order valence-corrected chi connectivity index (χ3v) is 3.35. The lowest BCUT2D eigenvalue weighted by Crippen LogP contribution is -2.37. The molecule has 0 atom stereocenters. The van der Waals surface area contributed by atoms with E-state index in [1.165, 1.54) is 24.3 Å². The monoisotopic (exact) mass is 342 g/mol. The molecule has 0 aliphatic carbocycles. The number of hydrogen-bond donors (Lipinski definition) is 2. The SMILES string of the molecule is C=CCNC(=NCc1ccc(F)cc1)NCc1ccc([N+](=O)[O-])cc1. The number of aliphatic imine (C=N–C) groups is 1. The summed E-state index contributed by atoms with van der Waals surface area (Å²) in [6, 6.07) is 12.5. The van der Waals surface area contributed by atoms with Crippen LogP contribution < -0.4 is 10.6 Å². The Morgan fingerprint density at radius 3 is 2.36 bits per heavy atom. The van der Waals surface area contributed by atoms with Gasteiger partial charge in [0.25, 0.3) is 5.69 Å². The van der Waals surface area contributed by atoms with E-state index in [1.807, 2.05) is 0 Å². The molecule has 2 aromatic rings. The lowest BCUT2D eigenvalue weighted by atomic mass is 10.2. The summed E-state index contributed by atoms with van der Waals surface area (Å²) in [5, 5.41) is 16.9. The van der Waals surface area contributed by atoms with Crippen LogP contribution in [-0.4, -0.2) is 17.4 Å². The van der Waals surface area contributed by atoms with Crippen LogP contribution >= 0.6 is 0 Å². The van der Waals surface area contributed by atoms with Crippen LogP contribution in [0.2, 0.25) is 0 Å². The zero-order chi connectivity index (χ0) is 18.1. The number of guanidine groups is 1. The molecule has 6 nitrogen and oxygen atoms in total. The van der Waals surface area contributed by atoms with Crippen molar-refractivity contribution >= 4 is 11.6 Å². The summed E-state index contributed by atoms with van der Waals surface area (Å²) in [5.41, 5.74) is 1.83. The summed E-state index contributed by atoms with van der Waals surface area (Å²) in [6.07, 6.45) is 1.71. The quantitative estimate of drug-likeness (QED) is 0.266. The Morgan fingerprint density at radius 1 is 1.12 bits per heavy atom. The zero-order valence-electron chi connectivity index (χ0n) is 13.6. The first kappa shape index (κ1) is 18.1. The molecule has 2 aromatic carbocycles. The van der Waals surface area contributed by atoms with E-state index >= 15 is 0 Å². The average Bonchev–Trinajstić information content (AvgIpc) is 2.62. The number of halogens is 1. The summed E-state index contributed by atoms with van der Waals surface area (Å²) in [5.74, 6) is 0.289. The summed E-state index contributed by atoms with van der Waals surface area (Å²) < 4.78 is 12.9. The van der Waals surface area contributed by atoms with Gasteiger partial charge in [-0.15, -0.1) is 6.58 Å². The van der Waals surface area contributed by atoms with E-state index < -0.39 is 4.92 Å². The Hall–Kier alpha value is -3.22. The minimum absolute atomic E-state index is 0.0544. The molecule has 0 heterocycles. The highest BCUT2D eigenvalue weighted by atomic mass is 19.1. The first-order valence-electron chi connectivity index (χ1n) is 7.69. The molecule has 0 radical (unpaired) electrons. The molecule has 0 unspecified atom stereocenters. The smallest absolute Gasteiger partial charge is 0.269 e. The topological polar surface area (TPSA) is 79.6 Å². The van der Waals surface area contributed by atoms with E-state index in [4.69, 9.17) is 0 Å². The van der Waals surface area contributed by atoms with E-state index in [9.17, 15) is 14.5 Å². The maximum absolute atomic E-state index is 12.9. The Bertz CT molecular complexity index is 743. The van der Waals surface area contributed by atoms with Crippen molar-refractivity contribution in [2.45, 2.75) is 13.1 Å².